The predicted octanol–water partition coefficient (Wildman–Crippen LogP) is 4.10. The van der Waals surface area contributed by atoms with E-state index >= 15 is 0 Å². The maximum absolute atomic E-state index is 5.60. The van der Waals surface area contributed by atoms with Crippen LogP contribution in [-0.4, -0.2) is 58.4 Å². The second kappa shape index (κ2) is 9.69. The maximum atomic E-state index is 5.60. The molecule has 1 atom stereocenters. The van der Waals surface area contributed by atoms with E-state index in [1.165, 1.54) is 37.7 Å². The zero-order chi connectivity index (χ0) is 21.8. The van der Waals surface area contributed by atoms with Crippen molar-refractivity contribution >= 4 is 5.69 Å². The van der Waals surface area contributed by atoms with Gasteiger partial charge in [0.05, 0.1) is 24.9 Å². The molecule has 0 unspecified atom stereocenters. The lowest BCUT2D eigenvalue weighted by Gasteiger charge is -2.40. The largest absolute Gasteiger partial charge is 0.495 e. The Bertz CT molecular complexity index is 992. The Hall–Kier alpha value is -2.93. The molecule has 1 aromatic heterocycles. The van der Waals surface area contributed by atoms with E-state index < -0.39 is 0 Å². The summed E-state index contributed by atoms with van der Waals surface area (Å²) in [4.78, 5) is 4.95. The Balaban J connectivity index is 1.41. The van der Waals surface area contributed by atoms with Gasteiger partial charge in [-0.2, -0.15) is 0 Å². The normalized spacial score (nSPS) is 19.1. The van der Waals surface area contributed by atoms with Crippen molar-refractivity contribution in [1.29, 1.82) is 0 Å². The molecule has 0 amide bonds. The number of rotatable bonds is 6. The van der Waals surface area contributed by atoms with Crippen molar-refractivity contribution < 1.29 is 4.74 Å². The van der Waals surface area contributed by atoms with Gasteiger partial charge in [0.1, 0.15) is 5.75 Å². The highest BCUT2D eigenvalue weighted by atomic mass is 16.5. The molecule has 3 aromatic rings. The van der Waals surface area contributed by atoms with E-state index in [-0.39, 0.29) is 6.04 Å². The van der Waals surface area contributed by atoms with Gasteiger partial charge in [0.25, 0.3) is 0 Å². The van der Waals surface area contributed by atoms with Crippen LogP contribution in [0, 0.1) is 0 Å². The first kappa shape index (κ1) is 20.9. The van der Waals surface area contributed by atoms with Gasteiger partial charge in [0, 0.05) is 26.2 Å². The lowest BCUT2D eigenvalue weighted by molar-refractivity contribution is 0.193. The van der Waals surface area contributed by atoms with Gasteiger partial charge in [0.2, 0.25) is 0 Å². The molecular formula is C25H32N6O. The van der Waals surface area contributed by atoms with Crippen LogP contribution in [0.5, 0.6) is 5.75 Å². The number of aromatic nitrogens is 4. The van der Waals surface area contributed by atoms with Crippen molar-refractivity contribution in [2.45, 2.75) is 44.2 Å². The van der Waals surface area contributed by atoms with Crippen molar-refractivity contribution in [3.63, 3.8) is 0 Å². The smallest absolute Gasteiger partial charge is 0.173 e. The third kappa shape index (κ3) is 4.21. The molecule has 0 N–H and O–H groups in total. The summed E-state index contributed by atoms with van der Waals surface area (Å²) in [5, 5.41) is 13.2. The fourth-order valence-corrected chi connectivity index (χ4v) is 5.24. The molecule has 2 heterocycles. The van der Waals surface area contributed by atoms with Gasteiger partial charge >= 0.3 is 0 Å². The highest BCUT2D eigenvalue weighted by molar-refractivity contribution is 5.58. The van der Waals surface area contributed by atoms with Gasteiger partial charge < -0.3 is 9.64 Å². The van der Waals surface area contributed by atoms with Gasteiger partial charge in [-0.15, -0.1) is 5.10 Å². The summed E-state index contributed by atoms with van der Waals surface area (Å²) in [5.41, 5.74) is 2.42. The molecule has 1 saturated heterocycles. The van der Waals surface area contributed by atoms with Crippen molar-refractivity contribution in [2.75, 3.05) is 38.2 Å². The van der Waals surface area contributed by atoms with Crippen LogP contribution in [0.15, 0.2) is 54.6 Å². The molecule has 32 heavy (non-hydrogen) atoms. The van der Waals surface area contributed by atoms with Crippen molar-refractivity contribution in [3.05, 3.63) is 66.0 Å². The van der Waals surface area contributed by atoms with E-state index in [1.807, 2.05) is 12.1 Å². The molecule has 0 radical (unpaired) electrons. The molecule has 1 aliphatic heterocycles. The highest BCUT2D eigenvalue weighted by Gasteiger charge is 2.33. The molecule has 7 heteroatoms. The van der Waals surface area contributed by atoms with Crippen LogP contribution in [0.2, 0.25) is 0 Å². The number of para-hydroxylation sites is 2. The average molecular weight is 433 g/mol. The minimum atomic E-state index is 0.0629. The third-order valence-electron chi connectivity index (χ3n) is 6.90. The predicted molar refractivity (Wildman–Crippen MR) is 125 cm³/mol. The number of tetrazole rings is 1. The lowest BCUT2D eigenvalue weighted by atomic mass is 9.95. The molecule has 0 spiro atoms. The summed E-state index contributed by atoms with van der Waals surface area (Å²) in [7, 11) is 1.74. The second-order valence-corrected chi connectivity index (χ2v) is 8.78. The molecule has 5 rings (SSSR count). The van der Waals surface area contributed by atoms with Crippen molar-refractivity contribution in [1.82, 2.24) is 25.1 Å². The first-order chi connectivity index (χ1) is 15.8. The van der Waals surface area contributed by atoms with Crippen molar-refractivity contribution in [2.24, 2.45) is 0 Å². The molecule has 2 fully saturated rings. The summed E-state index contributed by atoms with van der Waals surface area (Å²) < 4.78 is 7.73. The van der Waals surface area contributed by atoms with Crippen LogP contribution in [0.4, 0.5) is 5.69 Å². The molecular weight excluding hydrogens is 400 g/mol. The summed E-state index contributed by atoms with van der Waals surface area (Å²) >= 11 is 0. The van der Waals surface area contributed by atoms with Gasteiger partial charge in [-0.1, -0.05) is 61.7 Å². The lowest BCUT2D eigenvalue weighted by Crippen LogP contribution is -2.48. The van der Waals surface area contributed by atoms with Crippen molar-refractivity contribution in [3.8, 4) is 5.75 Å². The van der Waals surface area contributed by atoms with Gasteiger partial charge in [0.15, 0.2) is 5.82 Å². The summed E-state index contributed by atoms with van der Waals surface area (Å²) in [5.74, 6) is 1.91. The number of nitrogens with zero attached hydrogens (tertiary/aromatic N) is 6. The molecule has 1 saturated carbocycles. The minimum Gasteiger partial charge on any atom is -0.495 e. The number of piperazine rings is 1. The average Bonchev–Trinajstić information content (AvgIpc) is 3.35. The number of hydrogen-bond acceptors (Lipinski definition) is 6. The Morgan fingerprint density at radius 2 is 1.59 bits per heavy atom. The summed E-state index contributed by atoms with van der Waals surface area (Å²) in [6.45, 7) is 3.76. The SMILES string of the molecule is COc1ccccc1N1CCN([C@@H](c2ccccc2)c2nnnn2C2CCCCC2)CC1. The second-order valence-electron chi connectivity index (χ2n) is 8.78. The monoisotopic (exact) mass is 432 g/mol. The Labute approximate surface area is 190 Å². The van der Waals surface area contributed by atoms with Crippen LogP contribution in [0.25, 0.3) is 0 Å². The van der Waals surface area contributed by atoms with E-state index in [4.69, 9.17) is 4.74 Å². The molecule has 1 aliphatic carbocycles. The van der Waals surface area contributed by atoms with Gasteiger partial charge in [-0.25, -0.2) is 4.68 Å². The summed E-state index contributed by atoms with van der Waals surface area (Å²) in [6.07, 6.45) is 6.18. The van der Waals surface area contributed by atoms with Crippen LogP contribution in [0.3, 0.4) is 0 Å². The third-order valence-corrected chi connectivity index (χ3v) is 6.90. The van der Waals surface area contributed by atoms with Gasteiger partial charge in [-0.3, -0.25) is 4.90 Å². The van der Waals surface area contributed by atoms with Crippen LogP contribution in [-0.2, 0) is 0 Å². The Morgan fingerprint density at radius 1 is 0.875 bits per heavy atom. The van der Waals surface area contributed by atoms with Crippen LogP contribution >= 0.6 is 0 Å². The van der Waals surface area contributed by atoms with Gasteiger partial charge in [-0.05, 0) is 41.0 Å². The number of benzene rings is 2. The Kier molecular flexibility index (Phi) is 6.34. The van der Waals surface area contributed by atoms with Crippen LogP contribution in [0.1, 0.15) is 55.6 Å². The van der Waals surface area contributed by atoms with E-state index in [1.54, 1.807) is 7.11 Å². The first-order valence-corrected chi connectivity index (χ1v) is 11.8. The maximum Gasteiger partial charge on any atom is 0.173 e. The number of anilines is 1. The van der Waals surface area contributed by atoms with Crippen LogP contribution < -0.4 is 9.64 Å². The number of ether oxygens (including phenoxy) is 1. The molecule has 168 valence electrons. The first-order valence-electron chi connectivity index (χ1n) is 11.8. The zero-order valence-electron chi connectivity index (χ0n) is 18.8. The number of hydrogen-bond donors (Lipinski definition) is 0. The van der Waals surface area contributed by atoms with E-state index in [9.17, 15) is 0 Å². The van der Waals surface area contributed by atoms with E-state index in [0.29, 0.717) is 6.04 Å². The van der Waals surface area contributed by atoms with E-state index in [2.05, 4.69) is 72.5 Å². The standard InChI is InChI=1S/C25H32N6O/c1-32-23-15-9-8-14-22(23)29-16-18-30(19-17-29)24(20-10-4-2-5-11-20)25-26-27-28-31(25)21-12-6-3-7-13-21/h2,4-5,8-11,14-15,21,24H,3,6-7,12-13,16-19H2,1H3/t24-/m0/s1. The molecule has 2 aliphatic rings. The fourth-order valence-electron chi connectivity index (χ4n) is 5.24. The number of methoxy groups -OCH3 is 1. The fraction of sp³-hybridized carbons (Fsp3) is 0.480. The molecule has 0 bridgehead atoms. The molecule has 7 nitrogen and oxygen atoms in total. The van der Waals surface area contributed by atoms with E-state index in [0.717, 1.165) is 43.4 Å². The highest BCUT2D eigenvalue weighted by Crippen LogP contribution is 2.35. The molecule has 2 aromatic carbocycles. The topological polar surface area (TPSA) is 59.3 Å². The zero-order valence-corrected chi connectivity index (χ0v) is 18.8. The Morgan fingerprint density at radius 3 is 2.34 bits per heavy atom. The summed E-state index contributed by atoms with van der Waals surface area (Å²) in [6, 6.07) is 19.5. The minimum absolute atomic E-state index is 0.0629. The quantitative estimate of drug-likeness (QED) is 0.585.